The van der Waals surface area contributed by atoms with Crippen LogP contribution in [0.1, 0.15) is 65.7 Å². The molecule has 4 heteroatoms. The maximum atomic E-state index is 12.8. The van der Waals surface area contributed by atoms with Crippen LogP contribution in [-0.4, -0.2) is 35.2 Å². The molecule has 1 heterocycles. The van der Waals surface area contributed by atoms with E-state index in [2.05, 4.69) is 13.8 Å². The first kappa shape index (κ1) is 17.5. The zero-order chi connectivity index (χ0) is 16.3. The van der Waals surface area contributed by atoms with Crippen molar-refractivity contribution in [2.45, 2.75) is 77.8 Å². The van der Waals surface area contributed by atoms with E-state index in [9.17, 15) is 9.59 Å². The van der Waals surface area contributed by atoms with Gasteiger partial charge in [-0.2, -0.15) is 0 Å². The highest BCUT2D eigenvalue weighted by atomic mass is 16.2. The smallest absolute Gasteiger partial charge is 0.240 e. The lowest BCUT2D eigenvalue weighted by Gasteiger charge is -2.33. The summed E-state index contributed by atoms with van der Waals surface area (Å²) in [5.74, 6) is 1.29. The van der Waals surface area contributed by atoms with Crippen molar-refractivity contribution >= 4 is 11.7 Å². The third kappa shape index (κ3) is 3.89. The van der Waals surface area contributed by atoms with Crippen LogP contribution in [-0.2, 0) is 9.59 Å². The number of carbonyl (C=O) groups excluding carboxylic acids is 2. The van der Waals surface area contributed by atoms with E-state index in [4.69, 9.17) is 5.73 Å². The van der Waals surface area contributed by atoms with Gasteiger partial charge >= 0.3 is 0 Å². The largest absolute Gasteiger partial charge is 0.331 e. The van der Waals surface area contributed by atoms with E-state index in [0.717, 1.165) is 25.7 Å². The van der Waals surface area contributed by atoms with Crippen molar-refractivity contribution in [3.05, 3.63) is 0 Å². The summed E-state index contributed by atoms with van der Waals surface area (Å²) < 4.78 is 0. The van der Waals surface area contributed by atoms with Crippen molar-refractivity contribution < 1.29 is 9.59 Å². The Kier molecular flexibility index (Phi) is 6.01. The first-order valence-electron chi connectivity index (χ1n) is 8.98. The van der Waals surface area contributed by atoms with Gasteiger partial charge in [0.1, 0.15) is 0 Å². The van der Waals surface area contributed by atoms with Gasteiger partial charge in [0.15, 0.2) is 5.78 Å². The molecule has 0 aromatic rings. The van der Waals surface area contributed by atoms with Crippen LogP contribution in [0.3, 0.4) is 0 Å². The lowest BCUT2D eigenvalue weighted by molar-refractivity contribution is -0.140. The van der Waals surface area contributed by atoms with Gasteiger partial charge in [-0.3, -0.25) is 9.59 Å². The van der Waals surface area contributed by atoms with Gasteiger partial charge < -0.3 is 10.6 Å². The molecule has 1 saturated heterocycles. The number of carbonyl (C=O) groups is 2. The molecular weight excluding hydrogens is 276 g/mol. The van der Waals surface area contributed by atoms with Gasteiger partial charge in [-0.25, -0.2) is 0 Å². The van der Waals surface area contributed by atoms with Gasteiger partial charge in [-0.1, -0.05) is 33.1 Å². The van der Waals surface area contributed by atoms with E-state index in [1.165, 1.54) is 19.3 Å². The molecule has 0 spiro atoms. The Bertz CT molecular complexity index is 402. The van der Waals surface area contributed by atoms with E-state index in [1.807, 2.05) is 0 Å². The zero-order valence-corrected chi connectivity index (χ0v) is 14.4. The van der Waals surface area contributed by atoms with Gasteiger partial charge in [0.25, 0.3) is 0 Å². The Morgan fingerprint density at radius 2 is 1.77 bits per heavy atom. The van der Waals surface area contributed by atoms with Crippen LogP contribution in [0.2, 0.25) is 0 Å². The molecule has 2 aliphatic rings. The monoisotopic (exact) mass is 308 g/mol. The normalized spacial score (nSPS) is 28.1. The average molecular weight is 308 g/mol. The minimum absolute atomic E-state index is 0.0124. The lowest BCUT2D eigenvalue weighted by Crippen LogP contribution is -2.52. The van der Waals surface area contributed by atoms with Gasteiger partial charge in [0.05, 0.1) is 12.1 Å². The van der Waals surface area contributed by atoms with Crippen molar-refractivity contribution in [1.29, 1.82) is 0 Å². The van der Waals surface area contributed by atoms with Gasteiger partial charge in [0.2, 0.25) is 5.91 Å². The lowest BCUT2D eigenvalue weighted by atomic mass is 9.83. The van der Waals surface area contributed by atoms with E-state index in [0.29, 0.717) is 24.3 Å². The van der Waals surface area contributed by atoms with Crippen molar-refractivity contribution in [3.8, 4) is 0 Å². The van der Waals surface area contributed by atoms with E-state index >= 15 is 0 Å². The molecule has 1 aliphatic heterocycles. The van der Waals surface area contributed by atoms with Crippen molar-refractivity contribution in [2.75, 3.05) is 6.54 Å². The third-order valence-electron chi connectivity index (χ3n) is 5.44. The number of amides is 1. The summed E-state index contributed by atoms with van der Waals surface area (Å²) in [5.41, 5.74) is 6.28. The second-order valence-corrected chi connectivity index (χ2v) is 7.69. The topological polar surface area (TPSA) is 63.4 Å². The van der Waals surface area contributed by atoms with Crippen molar-refractivity contribution in [1.82, 2.24) is 4.90 Å². The molecular formula is C18H32N2O2. The number of nitrogens with zero attached hydrogens (tertiary/aromatic N) is 1. The molecule has 2 rings (SSSR count). The molecule has 0 aromatic carbocycles. The van der Waals surface area contributed by atoms with Gasteiger partial charge in [-0.05, 0) is 50.4 Å². The van der Waals surface area contributed by atoms with Crippen LogP contribution < -0.4 is 5.73 Å². The number of likely N-dealkylation sites (tertiary alicyclic amines) is 1. The van der Waals surface area contributed by atoms with E-state index in [-0.39, 0.29) is 17.7 Å². The van der Waals surface area contributed by atoms with Crippen LogP contribution in [0.4, 0.5) is 0 Å². The van der Waals surface area contributed by atoms with Crippen LogP contribution in [0.15, 0.2) is 0 Å². The van der Waals surface area contributed by atoms with Crippen molar-refractivity contribution in [3.63, 3.8) is 0 Å². The summed E-state index contributed by atoms with van der Waals surface area (Å²) in [5, 5.41) is 0. The van der Waals surface area contributed by atoms with Gasteiger partial charge in [-0.15, -0.1) is 0 Å². The summed E-state index contributed by atoms with van der Waals surface area (Å²) in [7, 11) is 0. The molecule has 0 aromatic heterocycles. The minimum Gasteiger partial charge on any atom is -0.331 e. The minimum atomic E-state index is -0.417. The van der Waals surface area contributed by atoms with Crippen LogP contribution in [0, 0.1) is 17.8 Å². The number of hydrogen-bond acceptors (Lipinski definition) is 3. The standard InChI is InChI=1S/C18H32N2O2/c1-12(2)11-15-9-10-20(17(15)13(3)21)18(22)16(19)14-7-5-4-6-8-14/h12,14-17H,4-11,19H2,1-3H3/t15-,16+,17-/m1/s1. The average Bonchev–Trinajstić information content (AvgIpc) is 2.89. The van der Waals surface area contributed by atoms with Gasteiger partial charge in [0, 0.05) is 6.54 Å². The number of nitrogens with two attached hydrogens (primary N) is 1. The summed E-state index contributed by atoms with van der Waals surface area (Å²) in [6.07, 6.45) is 7.67. The molecule has 126 valence electrons. The van der Waals surface area contributed by atoms with Crippen LogP contribution in [0.5, 0.6) is 0 Å². The molecule has 1 saturated carbocycles. The Morgan fingerprint density at radius 1 is 1.14 bits per heavy atom. The predicted molar refractivity (Wildman–Crippen MR) is 88.3 cm³/mol. The fraction of sp³-hybridized carbons (Fsp3) is 0.889. The Balaban J connectivity index is 2.05. The summed E-state index contributed by atoms with van der Waals surface area (Å²) >= 11 is 0. The molecule has 2 N–H and O–H groups in total. The molecule has 0 radical (unpaired) electrons. The number of Topliss-reactive ketones (excluding diaryl/α,β-unsaturated/α-hetero) is 1. The molecule has 1 aliphatic carbocycles. The fourth-order valence-corrected chi connectivity index (χ4v) is 4.39. The molecule has 3 atom stereocenters. The second-order valence-electron chi connectivity index (χ2n) is 7.69. The SMILES string of the molecule is CC(=O)[C@@H]1[C@@H](CC(C)C)CCN1C(=O)[C@@H](N)C1CCCCC1. The highest BCUT2D eigenvalue weighted by Crippen LogP contribution is 2.33. The molecule has 0 bridgehead atoms. The Hall–Kier alpha value is -0.900. The number of ketones is 1. The highest BCUT2D eigenvalue weighted by Gasteiger charge is 2.42. The molecule has 1 amide bonds. The summed E-state index contributed by atoms with van der Waals surface area (Å²) in [6.45, 7) is 6.67. The highest BCUT2D eigenvalue weighted by molar-refractivity contribution is 5.90. The van der Waals surface area contributed by atoms with Crippen LogP contribution >= 0.6 is 0 Å². The molecule has 0 unspecified atom stereocenters. The maximum absolute atomic E-state index is 12.8. The molecule has 2 fully saturated rings. The second kappa shape index (κ2) is 7.58. The number of rotatable bonds is 5. The Labute approximate surface area is 134 Å². The Morgan fingerprint density at radius 3 is 2.32 bits per heavy atom. The third-order valence-corrected chi connectivity index (χ3v) is 5.44. The first-order chi connectivity index (χ1) is 10.4. The van der Waals surface area contributed by atoms with E-state index < -0.39 is 6.04 Å². The molecule has 22 heavy (non-hydrogen) atoms. The quantitative estimate of drug-likeness (QED) is 0.849. The predicted octanol–water partition coefficient (Wildman–Crippen LogP) is 2.75. The maximum Gasteiger partial charge on any atom is 0.240 e. The van der Waals surface area contributed by atoms with E-state index in [1.54, 1.807) is 11.8 Å². The fourth-order valence-electron chi connectivity index (χ4n) is 4.39. The first-order valence-corrected chi connectivity index (χ1v) is 8.98. The summed E-state index contributed by atoms with van der Waals surface area (Å²) in [4.78, 5) is 26.8. The van der Waals surface area contributed by atoms with Crippen LogP contribution in [0.25, 0.3) is 0 Å². The zero-order valence-electron chi connectivity index (χ0n) is 14.4. The molecule has 4 nitrogen and oxygen atoms in total. The van der Waals surface area contributed by atoms with Crippen molar-refractivity contribution in [2.24, 2.45) is 23.5 Å². The number of hydrogen-bond donors (Lipinski definition) is 1. The summed E-state index contributed by atoms with van der Waals surface area (Å²) in [6, 6.07) is -0.663.